The van der Waals surface area contributed by atoms with Gasteiger partial charge in [-0.2, -0.15) is 0 Å². The van der Waals surface area contributed by atoms with Gasteiger partial charge in [-0.3, -0.25) is 5.84 Å². The van der Waals surface area contributed by atoms with Gasteiger partial charge in [0.25, 0.3) is 0 Å². The second-order valence-corrected chi connectivity index (χ2v) is 5.10. The molecule has 20 heavy (non-hydrogen) atoms. The maximum atomic E-state index is 12.4. The molecular formula is C13H13F3N2OS. The van der Waals surface area contributed by atoms with Crippen molar-refractivity contribution in [1.29, 1.82) is 0 Å². The van der Waals surface area contributed by atoms with Gasteiger partial charge in [0.15, 0.2) is 0 Å². The first-order valence-electron chi connectivity index (χ1n) is 5.77. The molecule has 1 aromatic carbocycles. The van der Waals surface area contributed by atoms with Gasteiger partial charge in [0.2, 0.25) is 0 Å². The lowest BCUT2D eigenvalue weighted by Crippen LogP contribution is -2.29. The summed E-state index contributed by atoms with van der Waals surface area (Å²) in [5.41, 5.74) is 3.85. The van der Waals surface area contributed by atoms with Crippen molar-refractivity contribution in [2.75, 3.05) is 0 Å². The van der Waals surface area contributed by atoms with Crippen LogP contribution in [0.15, 0.2) is 35.7 Å². The molecule has 108 valence electrons. The highest BCUT2D eigenvalue weighted by Gasteiger charge is 2.33. The summed E-state index contributed by atoms with van der Waals surface area (Å²) in [6.07, 6.45) is -4.74. The van der Waals surface area contributed by atoms with E-state index >= 15 is 0 Å². The van der Waals surface area contributed by atoms with Gasteiger partial charge in [-0.05, 0) is 30.0 Å². The van der Waals surface area contributed by atoms with Gasteiger partial charge in [0, 0.05) is 10.4 Å². The van der Waals surface area contributed by atoms with Crippen LogP contribution in [0.5, 0.6) is 5.75 Å². The van der Waals surface area contributed by atoms with Crippen molar-refractivity contribution < 1.29 is 17.9 Å². The van der Waals surface area contributed by atoms with Crippen molar-refractivity contribution in [2.45, 2.75) is 19.3 Å². The average molecular weight is 302 g/mol. The van der Waals surface area contributed by atoms with Crippen molar-refractivity contribution in [3.8, 4) is 5.75 Å². The molecule has 0 amide bonds. The average Bonchev–Trinajstić information content (AvgIpc) is 2.77. The van der Waals surface area contributed by atoms with Crippen LogP contribution in [-0.4, -0.2) is 6.36 Å². The number of nitrogens with one attached hydrogen (secondary N) is 1. The summed E-state index contributed by atoms with van der Waals surface area (Å²) < 4.78 is 41.4. The van der Waals surface area contributed by atoms with Crippen LogP contribution in [0.25, 0.3) is 0 Å². The van der Waals surface area contributed by atoms with Crippen molar-refractivity contribution in [2.24, 2.45) is 5.84 Å². The van der Waals surface area contributed by atoms with Crippen molar-refractivity contribution in [1.82, 2.24) is 5.43 Å². The number of aryl methyl sites for hydroxylation is 1. The van der Waals surface area contributed by atoms with E-state index in [1.54, 1.807) is 12.1 Å². The van der Waals surface area contributed by atoms with Gasteiger partial charge in [-0.15, -0.1) is 24.5 Å². The SMILES string of the molecule is Cc1ccsc1C(NN)c1ccccc1OC(F)(F)F. The molecule has 2 aromatic rings. The molecule has 0 bridgehead atoms. The predicted octanol–water partition coefficient (Wildman–Crippen LogP) is 3.51. The summed E-state index contributed by atoms with van der Waals surface area (Å²) in [7, 11) is 0. The fourth-order valence-corrected chi connectivity index (χ4v) is 2.93. The molecule has 1 heterocycles. The van der Waals surface area contributed by atoms with Gasteiger partial charge in [0.05, 0.1) is 6.04 Å². The summed E-state index contributed by atoms with van der Waals surface area (Å²) in [5.74, 6) is 5.26. The van der Waals surface area contributed by atoms with Crippen molar-refractivity contribution >= 4 is 11.3 Å². The number of thiophene rings is 1. The Morgan fingerprint density at radius 2 is 1.95 bits per heavy atom. The van der Waals surface area contributed by atoms with Gasteiger partial charge >= 0.3 is 6.36 Å². The zero-order valence-electron chi connectivity index (χ0n) is 10.6. The Hall–Kier alpha value is -1.57. The van der Waals surface area contributed by atoms with Crippen LogP contribution >= 0.6 is 11.3 Å². The molecule has 0 saturated carbocycles. The van der Waals surface area contributed by atoms with E-state index in [-0.39, 0.29) is 5.75 Å². The van der Waals surface area contributed by atoms with Crippen LogP contribution in [0.1, 0.15) is 22.0 Å². The van der Waals surface area contributed by atoms with Gasteiger partial charge in [0.1, 0.15) is 5.75 Å². The Balaban J connectivity index is 2.43. The van der Waals surface area contributed by atoms with Crippen LogP contribution in [0.2, 0.25) is 0 Å². The topological polar surface area (TPSA) is 47.3 Å². The lowest BCUT2D eigenvalue weighted by atomic mass is 10.0. The largest absolute Gasteiger partial charge is 0.573 e. The Morgan fingerprint density at radius 3 is 2.50 bits per heavy atom. The highest BCUT2D eigenvalue weighted by atomic mass is 32.1. The molecule has 2 rings (SSSR count). The third kappa shape index (κ3) is 3.30. The molecular weight excluding hydrogens is 289 g/mol. The minimum Gasteiger partial charge on any atom is -0.405 e. The van der Waals surface area contributed by atoms with Crippen LogP contribution in [0, 0.1) is 6.92 Å². The molecule has 0 saturated heterocycles. The van der Waals surface area contributed by atoms with E-state index in [2.05, 4.69) is 10.2 Å². The molecule has 1 atom stereocenters. The number of halogens is 3. The van der Waals surface area contributed by atoms with E-state index in [4.69, 9.17) is 5.84 Å². The van der Waals surface area contributed by atoms with E-state index in [1.807, 2.05) is 18.4 Å². The Bertz CT molecular complexity index is 583. The van der Waals surface area contributed by atoms with Crippen LogP contribution in [-0.2, 0) is 0 Å². The Morgan fingerprint density at radius 1 is 1.25 bits per heavy atom. The van der Waals surface area contributed by atoms with Crippen LogP contribution in [0.3, 0.4) is 0 Å². The summed E-state index contributed by atoms with van der Waals surface area (Å²) in [5, 5.41) is 1.86. The lowest BCUT2D eigenvalue weighted by molar-refractivity contribution is -0.275. The number of para-hydroxylation sites is 1. The number of hydrogen-bond acceptors (Lipinski definition) is 4. The quantitative estimate of drug-likeness (QED) is 0.671. The number of rotatable bonds is 4. The molecule has 3 nitrogen and oxygen atoms in total. The fraction of sp³-hybridized carbons (Fsp3) is 0.231. The van der Waals surface area contributed by atoms with Crippen LogP contribution in [0.4, 0.5) is 13.2 Å². The van der Waals surface area contributed by atoms with E-state index in [1.165, 1.54) is 23.5 Å². The number of alkyl halides is 3. The van der Waals surface area contributed by atoms with E-state index in [0.717, 1.165) is 10.4 Å². The first-order chi connectivity index (χ1) is 9.42. The third-order valence-electron chi connectivity index (χ3n) is 2.79. The first-order valence-corrected chi connectivity index (χ1v) is 6.65. The lowest BCUT2D eigenvalue weighted by Gasteiger charge is -2.20. The summed E-state index contributed by atoms with van der Waals surface area (Å²) in [6.45, 7) is 1.88. The first kappa shape index (κ1) is 14.8. The number of ether oxygens (including phenoxy) is 1. The van der Waals surface area contributed by atoms with Gasteiger partial charge in [-0.25, -0.2) is 5.43 Å². The molecule has 1 unspecified atom stereocenters. The maximum absolute atomic E-state index is 12.4. The van der Waals surface area contributed by atoms with Crippen molar-refractivity contribution in [3.05, 3.63) is 51.7 Å². The molecule has 7 heteroatoms. The maximum Gasteiger partial charge on any atom is 0.573 e. The highest BCUT2D eigenvalue weighted by Crippen LogP contribution is 2.35. The Kier molecular flexibility index (Phi) is 4.32. The third-order valence-corrected chi connectivity index (χ3v) is 3.87. The van der Waals surface area contributed by atoms with Crippen LogP contribution < -0.4 is 16.0 Å². The molecule has 3 N–H and O–H groups in total. The zero-order chi connectivity index (χ0) is 14.8. The number of hydrazine groups is 1. The minimum absolute atomic E-state index is 0.254. The number of benzene rings is 1. The van der Waals surface area contributed by atoms with E-state index in [0.29, 0.717) is 5.56 Å². The molecule has 0 aliphatic rings. The molecule has 0 spiro atoms. The Labute approximate surface area is 118 Å². The minimum atomic E-state index is -4.74. The zero-order valence-corrected chi connectivity index (χ0v) is 11.4. The van der Waals surface area contributed by atoms with Crippen molar-refractivity contribution in [3.63, 3.8) is 0 Å². The number of nitrogens with two attached hydrogens (primary N) is 1. The number of hydrogen-bond donors (Lipinski definition) is 2. The van der Waals surface area contributed by atoms with E-state index in [9.17, 15) is 13.2 Å². The summed E-state index contributed by atoms with van der Waals surface area (Å²) in [6, 6.07) is 7.30. The molecule has 0 fully saturated rings. The second kappa shape index (κ2) is 5.82. The molecule has 1 aromatic heterocycles. The highest BCUT2D eigenvalue weighted by molar-refractivity contribution is 7.10. The fourth-order valence-electron chi connectivity index (χ4n) is 1.92. The van der Waals surface area contributed by atoms with Gasteiger partial charge < -0.3 is 4.74 Å². The molecule has 0 radical (unpaired) electrons. The summed E-state index contributed by atoms with van der Waals surface area (Å²) >= 11 is 1.42. The standard InChI is InChI=1S/C13H13F3N2OS/c1-8-6-7-20-12(8)11(18-17)9-4-2-3-5-10(9)19-13(14,15)16/h2-7,11,18H,17H2,1H3. The normalized spacial score (nSPS) is 13.2. The van der Waals surface area contributed by atoms with Gasteiger partial charge in [-0.1, -0.05) is 18.2 Å². The molecule has 0 aliphatic heterocycles. The predicted molar refractivity (Wildman–Crippen MR) is 71.3 cm³/mol. The molecule has 0 aliphatic carbocycles. The monoisotopic (exact) mass is 302 g/mol. The smallest absolute Gasteiger partial charge is 0.405 e. The second-order valence-electron chi connectivity index (χ2n) is 4.15. The summed E-state index contributed by atoms with van der Waals surface area (Å²) in [4.78, 5) is 0.853. The van der Waals surface area contributed by atoms with E-state index < -0.39 is 12.4 Å².